The first kappa shape index (κ1) is 21.1. The second kappa shape index (κ2) is 15.9. The van der Waals surface area contributed by atoms with Crippen LogP contribution in [0.25, 0.3) is 0 Å². The number of rotatable bonds is 10. The van der Waals surface area contributed by atoms with Crippen molar-refractivity contribution in [1.82, 2.24) is 0 Å². The minimum Gasteiger partial charge on any atom is -0.453 e. The van der Waals surface area contributed by atoms with Crippen molar-refractivity contribution in [2.24, 2.45) is 0 Å². The molecule has 2 atom stereocenters. The maximum absolute atomic E-state index is 11.7. The number of carbonyl (C=O) groups excluding carboxylic acids is 2. The minimum absolute atomic E-state index is 0.445. The maximum Gasteiger partial charge on any atom is 0.335 e. The van der Waals surface area contributed by atoms with E-state index in [0.717, 1.165) is 11.5 Å². The fourth-order valence-electron chi connectivity index (χ4n) is 1.17. The lowest BCUT2D eigenvalue weighted by molar-refractivity contribution is -0.162. The molecule has 6 heteroatoms. The van der Waals surface area contributed by atoms with E-state index in [2.05, 4.69) is 0 Å². The number of carbonyl (C=O) groups is 2. The minimum atomic E-state index is -0.651. The third-order valence-electron chi connectivity index (χ3n) is 2.16. The van der Waals surface area contributed by atoms with Crippen molar-refractivity contribution in [3.05, 3.63) is 0 Å². The molecular weight excluding hydrogens is 284 g/mol. The Morgan fingerprint density at radius 1 is 1.16 bits per heavy atom. The van der Waals surface area contributed by atoms with Crippen LogP contribution in [0.3, 0.4) is 0 Å². The summed E-state index contributed by atoms with van der Waals surface area (Å²) in [5.74, 6) is 1.17. The van der Waals surface area contributed by atoms with E-state index >= 15 is 0 Å². The molecule has 0 aliphatic heterocycles. The normalized spacial score (nSPS) is 12.9. The molecule has 0 aliphatic carbocycles. The first-order valence-corrected chi connectivity index (χ1v) is 9.14. The van der Waals surface area contributed by atoms with E-state index in [4.69, 9.17) is 9.47 Å². The zero-order valence-corrected chi connectivity index (χ0v) is 14.1. The Hall–Kier alpha value is -0.200. The Bertz CT molecular complexity index is 225. The van der Waals surface area contributed by atoms with E-state index in [1.807, 2.05) is 26.4 Å². The van der Waals surface area contributed by atoms with Gasteiger partial charge in [0.1, 0.15) is 0 Å². The molecule has 0 saturated heterocycles. The fourth-order valence-corrected chi connectivity index (χ4v) is 2.09. The standard InChI is InChI=1S/C11H20O4S2.C2H6/c1-14-10(5-7-17-3)11(13)15-9(8-12)4-6-16-2;1-2/h8-10H,4-7H2,1-3H3;1-2H3. The van der Waals surface area contributed by atoms with Crippen LogP contribution in [0.4, 0.5) is 0 Å². The second-order valence-corrected chi connectivity index (χ2v) is 5.37. The van der Waals surface area contributed by atoms with Crippen molar-refractivity contribution < 1.29 is 19.1 Å². The Morgan fingerprint density at radius 2 is 1.68 bits per heavy atom. The van der Waals surface area contributed by atoms with Gasteiger partial charge in [0.15, 0.2) is 18.5 Å². The molecule has 0 aliphatic rings. The number of aldehydes is 1. The summed E-state index contributed by atoms with van der Waals surface area (Å²) < 4.78 is 10.2. The molecule has 0 heterocycles. The van der Waals surface area contributed by atoms with Gasteiger partial charge in [0.2, 0.25) is 0 Å². The van der Waals surface area contributed by atoms with Crippen LogP contribution < -0.4 is 0 Å². The van der Waals surface area contributed by atoms with Crippen LogP contribution in [0.5, 0.6) is 0 Å². The molecule has 0 amide bonds. The highest BCUT2D eigenvalue weighted by molar-refractivity contribution is 7.98. The van der Waals surface area contributed by atoms with Gasteiger partial charge < -0.3 is 9.47 Å². The third-order valence-corrected chi connectivity index (χ3v) is 3.45. The van der Waals surface area contributed by atoms with Crippen molar-refractivity contribution in [3.63, 3.8) is 0 Å². The van der Waals surface area contributed by atoms with Crippen molar-refractivity contribution in [2.75, 3.05) is 31.1 Å². The molecular formula is C13H26O4S2. The Balaban J connectivity index is 0. The first-order chi connectivity index (χ1) is 9.19. The smallest absolute Gasteiger partial charge is 0.335 e. The van der Waals surface area contributed by atoms with E-state index < -0.39 is 18.2 Å². The van der Waals surface area contributed by atoms with Gasteiger partial charge in [-0.05, 0) is 30.4 Å². The first-order valence-electron chi connectivity index (χ1n) is 6.36. The topological polar surface area (TPSA) is 52.6 Å². The second-order valence-electron chi connectivity index (χ2n) is 3.40. The van der Waals surface area contributed by atoms with E-state index in [9.17, 15) is 9.59 Å². The van der Waals surface area contributed by atoms with Crippen LogP contribution in [0.1, 0.15) is 26.7 Å². The summed E-state index contributed by atoms with van der Waals surface area (Å²) in [5.41, 5.74) is 0. The molecule has 0 radical (unpaired) electrons. The molecule has 0 aromatic heterocycles. The van der Waals surface area contributed by atoms with Gasteiger partial charge in [-0.15, -0.1) is 0 Å². The number of hydrogen-bond donors (Lipinski definition) is 0. The number of ether oxygens (including phenoxy) is 2. The van der Waals surface area contributed by atoms with Gasteiger partial charge in [0, 0.05) is 13.5 Å². The molecule has 0 aromatic carbocycles. The average Bonchev–Trinajstić information content (AvgIpc) is 2.46. The predicted octanol–water partition coefficient (Wildman–Crippen LogP) is 2.64. The monoisotopic (exact) mass is 310 g/mol. The van der Waals surface area contributed by atoms with E-state index in [1.165, 1.54) is 7.11 Å². The SMILES string of the molecule is CC.COC(CCSC)C(=O)OC(C=O)CCSC. The van der Waals surface area contributed by atoms with Gasteiger partial charge in [-0.3, -0.25) is 4.79 Å². The quantitative estimate of drug-likeness (QED) is 0.457. The Kier molecular flexibility index (Phi) is 17.6. The molecule has 19 heavy (non-hydrogen) atoms. The van der Waals surface area contributed by atoms with Crippen LogP contribution in [-0.4, -0.2) is 55.6 Å². The van der Waals surface area contributed by atoms with Crippen molar-refractivity contribution in [3.8, 4) is 0 Å². The van der Waals surface area contributed by atoms with Crippen LogP contribution in [0, 0.1) is 0 Å². The Labute approximate surface area is 125 Å². The van der Waals surface area contributed by atoms with Gasteiger partial charge in [-0.2, -0.15) is 23.5 Å². The lowest BCUT2D eigenvalue weighted by atomic mass is 10.2. The molecule has 0 spiro atoms. The lowest BCUT2D eigenvalue weighted by Gasteiger charge is -2.17. The molecule has 0 N–H and O–H groups in total. The Morgan fingerprint density at radius 3 is 2.11 bits per heavy atom. The number of hydrogen-bond acceptors (Lipinski definition) is 6. The molecule has 0 bridgehead atoms. The summed E-state index contributed by atoms with van der Waals surface area (Å²) in [6, 6.07) is 0. The van der Waals surface area contributed by atoms with Crippen molar-refractivity contribution in [1.29, 1.82) is 0 Å². The molecule has 0 saturated carbocycles. The van der Waals surface area contributed by atoms with Gasteiger partial charge >= 0.3 is 5.97 Å². The van der Waals surface area contributed by atoms with Crippen molar-refractivity contribution in [2.45, 2.75) is 38.9 Å². The molecule has 4 nitrogen and oxygen atoms in total. The fraction of sp³-hybridized carbons (Fsp3) is 0.846. The molecule has 0 fully saturated rings. The summed E-state index contributed by atoms with van der Waals surface area (Å²) in [7, 11) is 1.48. The molecule has 114 valence electrons. The highest BCUT2D eigenvalue weighted by atomic mass is 32.2. The largest absolute Gasteiger partial charge is 0.453 e. The van der Waals surface area contributed by atoms with Crippen LogP contribution >= 0.6 is 23.5 Å². The summed E-state index contributed by atoms with van der Waals surface area (Å²) in [5, 5.41) is 0. The molecule has 0 rings (SSSR count). The number of thioether (sulfide) groups is 2. The summed E-state index contributed by atoms with van der Waals surface area (Å²) in [4.78, 5) is 22.4. The highest BCUT2D eigenvalue weighted by Crippen LogP contribution is 2.09. The lowest BCUT2D eigenvalue weighted by Crippen LogP contribution is -2.31. The van der Waals surface area contributed by atoms with E-state index in [1.54, 1.807) is 23.5 Å². The van der Waals surface area contributed by atoms with Gasteiger partial charge in [0.05, 0.1) is 0 Å². The van der Waals surface area contributed by atoms with Gasteiger partial charge in [-0.25, -0.2) is 4.79 Å². The maximum atomic E-state index is 11.7. The van der Waals surface area contributed by atoms with Crippen LogP contribution in [0.15, 0.2) is 0 Å². The van der Waals surface area contributed by atoms with Crippen LogP contribution in [-0.2, 0) is 19.1 Å². The van der Waals surface area contributed by atoms with Crippen molar-refractivity contribution >= 4 is 35.8 Å². The highest BCUT2D eigenvalue weighted by Gasteiger charge is 2.22. The average molecular weight is 310 g/mol. The zero-order valence-electron chi connectivity index (χ0n) is 12.5. The van der Waals surface area contributed by atoms with E-state index in [0.29, 0.717) is 19.1 Å². The van der Waals surface area contributed by atoms with Crippen LogP contribution in [0.2, 0.25) is 0 Å². The third kappa shape index (κ3) is 11.3. The van der Waals surface area contributed by atoms with Gasteiger partial charge in [-0.1, -0.05) is 13.8 Å². The summed E-state index contributed by atoms with van der Waals surface area (Å²) >= 11 is 3.26. The summed E-state index contributed by atoms with van der Waals surface area (Å²) in [6.45, 7) is 4.00. The number of esters is 1. The molecule has 2 unspecified atom stereocenters. The number of methoxy groups -OCH3 is 1. The van der Waals surface area contributed by atoms with Gasteiger partial charge in [0.25, 0.3) is 0 Å². The van der Waals surface area contributed by atoms with E-state index in [-0.39, 0.29) is 0 Å². The summed E-state index contributed by atoms with van der Waals surface area (Å²) in [6.07, 6.45) is 4.52. The molecule has 0 aromatic rings. The predicted molar refractivity (Wildman–Crippen MR) is 84.1 cm³/mol. The zero-order chi connectivity index (χ0) is 15.1.